The molecule has 0 amide bonds. The molecule has 30 heavy (non-hydrogen) atoms. The summed E-state index contributed by atoms with van der Waals surface area (Å²) in [5, 5.41) is 11.1. The molecule has 2 N–H and O–H groups in total. The molecule has 0 saturated carbocycles. The molecule has 3 rings (SSSR count). The van der Waals surface area contributed by atoms with Gasteiger partial charge in [-0.15, -0.1) is 0 Å². The number of ketones is 1. The van der Waals surface area contributed by atoms with Crippen LogP contribution in [0.5, 0.6) is 5.75 Å². The van der Waals surface area contributed by atoms with E-state index >= 15 is 0 Å². The van der Waals surface area contributed by atoms with Crippen LogP contribution in [-0.4, -0.2) is 26.4 Å². The number of carbonyl (C=O) groups excluding carboxylic acids is 1. The summed E-state index contributed by atoms with van der Waals surface area (Å²) in [7, 11) is 1.24. The number of rotatable bonds is 7. The van der Waals surface area contributed by atoms with Crippen LogP contribution in [0.3, 0.4) is 0 Å². The first-order valence-electron chi connectivity index (χ1n) is 8.84. The van der Waals surface area contributed by atoms with Crippen molar-refractivity contribution in [1.29, 1.82) is 0 Å². The molecule has 0 radical (unpaired) electrons. The molecule has 0 fully saturated rings. The van der Waals surface area contributed by atoms with Gasteiger partial charge in [0.15, 0.2) is 12.4 Å². The largest absolute Gasteiger partial charge is 0.478 e. The van der Waals surface area contributed by atoms with Crippen LogP contribution in [0.4, 0.5) is 11.5 Å². The molecule has 0 aliphatic carbocycles. The number of nitrogens with two attached hydrogens (primary N) is 1. The highest BCUT2D eigenvalue weighted by Crippen LogP contribution is 2.26. The van der Waals surface area contributed by atoms with Crippen molar-refractivity contribution in [1.82, 2.24) is 9.13 Å². The second kappa shape index (κ2) is 8.43. The van der Waals surface area contributed by atoms with E-state index in [-0.39, 0.29) is 23.8 Å². The Labute approximate surface area is 169 Å². The summed E-state index contributed by atoms with van der Waals surface area (Å²) in [5.41, 5.74) is 4.50. The highest BCUT2D eigenvalue weighted by molar-refractivity contribution is 6.00. The first-order valence-corrected chi connectivity index (χ1v) is 8.84. The summed E-state index contributed by atoms with van der Waals surface area (Å²) in [6.07, 6.45) is 0. The number of aromatic nitrogens is 2. The van der Waals surface area contributed by atoms with Crippen molar-refractivity contribution >= 4 is 17.3 Å². The quantitative estimate of drug-likeness (QED) is 0.352. The molecular weight excluding hydrogens is 392 g/mol. The van der Waals surface area contributed by atoms with E-state index < -0.39 is 34.1 Å². The molecule has 3 aromatic rings. The molecule has 154 valence electrons. The fourth-order valence-corrected chi connectivity index (χ4v) is 2.91. The maximum atomic E-state index is 12.7. The molecule has 10 nitrogen and oxygen atoms in total. The minimum atomic E-state index is -0.863. The van der Waals surface area contributed by atoms with Gasteiger partial charge in [-0.05, 0) is 11.6 Å². The minimum absolute atomic E-state index is 0.0604. The molecule has 0 aliphatic heterocycles. The summed E-state index contributed by atoms with van der Waals surface area (Å²) in [4.78, 5) is 48.2. The van der Waals surface area contributed by atoms with Gasteiger partial charge < -0.3 is 10.5 Å². The van der Waals surface area contributed by atoms with Crippen LogP contribution in [0.2, 0.25) is 0 Å². The molecule has 0 spiro atoms. The van der Waals surface area contributed by atoms with Gasteiger partial charge in [-0.25, -0.2) is 4.79 Å². The number of ether oxygens (including phenoxy) is 1. The lowest BCUT2D eigenvalue weighted by Gasteiger charge is -2.15. The van der Waals surface area contributed by atoms with Crippen LogP contribution in [-0.2, 0) is 13.6 Å². The van der Waals surface area contributed by atoms with Gasteiger partial charge in [-0.1, -0.05) is 42.5 Å². The maximum Gasteiger partial charge on any atom is 0.332 e. The number of benzene rings is 2. The predicted molar refractivity (Wildman–Crippen MR) is 109 cm³/mol. The number of hydrogen-bond acceptors (Lipinski definition) is 7. The second-order valence-corrected chi connectivity index (χ2v) is 6.42. The normalized spacial score (nSPS) is 10.6. The van der Waals surface area contributed by atoms with E-state index in [0.29, 0.717) is 0 Å². The third-order valence-electron chi connectivity index (χ3n) is 4.47. The summed E-state index contributed by atoms with van der Waals surface area (Å²) in [6.45, 7) is -0.598. The average Bonchev–Trinajstić information content (AvgIpc) is 2.75. The van der Waals surface area contributed by atoms with Crippen molar-refractivity contribution in [2.24, 2.45) is 7.05 Å². The maximum absolute atomic E-state index is 12.7. The average molecular weight is 410 g/mol. The van der Waals surface area contributed by atoms with E-state index in [1.807, 2.05) is 6.07 Å². The second-order valence-electron chi connectivity index (χ2n) is 6.42. The van der Waals surface area contributed by atoms with E-state index in [4.69, 9.17) is 10.5 Å². The molecule has 1 aromatic heterocycles. The zero-order valence-corrected chi connectivity index (χ0v) is 16.0. The number of carbonyl (C=O) groups is 1. The van der Waals surface area contributed by atoms with Crippen molar-refractivity contribution < 1.29 is 14.5 Å². The molecule has 2 aromatic carbocycles. The molecule has 0 bridgehead atoms. The van der Waals surface area contributed by atoms with Crippen LogP contribution in [0, 0.1) is 10.1 Å². The number of nitrogen functional groups attached to an aromatic ring is 1. The number of Topliss-reactive ketones (excluding diaryl/α,β-unsaturated/α-hetero) is 1. The van der Waals surface area contributed by atoms with E-state index in [9.17, 15) is 24.5 Å². The molecule has 0 unspecified atom stereocenters. The van der Waals surface area contributed by atoms with Gasteiger partial charge in [0.05, 0.1) is 11.5 Å². The highest BCUT2D eigenvalue weighted by Gasteiger charge is 2.23. The number of nitrogens with zero attached hydrogens (tertiary/aromatic N) is 3. The number of nitro benzene ring substituents is 1. The Morgan fingerprint density at radius 3 is 2.40 bits per heavy atom. The van der Waals surface area contributed by atoms with Crippen molar-refractivity contribution in [2.45, 2.75) is 6.54 Å². The van der Waals surface area contributed by atoms with Crippen molar-refractivity contribution in [3.05, 3.63) is 96.7 Å². The number of hydrogen-bond donors (Lipinski definition) is 1. The molecule has 1 heterocycles. The Hall–Kier alpha value is -4.21. The standard InChI is InChI=1S/C20H18N4O6/c1-22-19(26)17(15(25)12-30-16-10-6-5-9-14(16)24(28)29)18(21)23(20(22)27)11-13-7-3-2-4-8-13/h2-10H,11-12,21H2,1H3. The first kappa shape index (κ1) is 20.5. The van der Waals surface area contributed by atoms with Crippen LogP contribution >= 0.6 is 0 Å². The van der Waals surface area contributed by atoms with E-state index in [0.717, 1.165) is 14.7 Å². The van der Waals surface area contributed by atoms with Crippen molar-refractivity contribution in [3.8, 4) is 5.75 Å². The van der Waals surface area contributed by atoms with E-state index in [1.165, 1.54) is 31.3 Å². The smallest absolute Gasteiger partial charge is 0.332 e. The topological polar surface area (TPSA) is 139 Å². The minimum Gasteiger partial charge on any atom is -0.478 e. The van der Waals surface area contributed by atoms with Crippen LogP contribution in [0.15, 0.2) is 64.2 Å². The van der Waals surface area contributed by atoms with Gasteiger partial charge in [-0.2, -0.15) is 0 Å². The lowest BCUT2D eigenvalue weighted by molar-refractivity contribution is -0.385. The van der Waals surface area contributed by atoms with Gasteiger partial charge in [0, 0.05) is 13.1 Å². The summed E-state index contributed by atoms with van der Waals surface area (Å²) in [5.74, 6) is -1.21. The number of anilines is 1. The van der Waals surface area contributed by atoms with Gasteiger partial charge in [0.1, 0.15) is 11.4 Å². The third kappa shape index (κ3) is 3.97. The SMILES string of the molecule is Cn1c(=O)c(C(=O)COc2ccccc2[N+](=O)[O-])c(N)n(Cc2ccccc2)c1=O. The Bertz CT molecular complexity index is 1230. The van der Waals surface area contributed by atoms with Gasteiger partial charge >= 0.3 is 11.4 Å². The van der Waals surface area contributed by atoms with Crippen LogP contribution < -0.4 is 21.7 Å². The zero-order valence-electron chi connectivity index (χ0n) is 16.0. The van der Waals surface area contributed by atoms with Gasteiger partial charge in [0.25, 0.3) is 5.56 Å². The highest BCUT2D eigenvalue weighted by atomic mass is 16.6. The van der Waals surface area contributed by atoms with Crippen LogP contribution in [0.1, 0.15) is 15.9 Å². The Morgan fingerprint density at radius 2 is 1.73 bits per heavy atom. The predicted octanol–water partition coefficient (Wildman–Crippen LogP) is 1.35. The third-order valence-corrected chi connectivity index (χ3v) is 4.47. The fourth-order valence-electron chi connectivity index (χ4n) is 2.91. The Balaban J connectivity index is 1.96. The Kier molecular flexibility index (Phi) is 5.77. The van der Waals surface area contributed by atoms with Crippen molar-refractivity contribution in [2.75, 3.05) is 12.3 Å². The van der Waals surface area contributed by atoms with Crippen LogP contribution in [0.25, 0.3) is 0 Å². The molecule has 0 aliphatic rings. The lowest BCUT2D eigenvalue weighted by atomic mass is 10.2. The first-order chi connectivity index (χ1) is 14.3. The van der Waals surface area contributed by atoms with E-state index in [1.54, 1.807) is 24.3 Å². The van der Waals surface area contributed by atoms with Gasteiger partial charge in [0.2, 0.25) is 5.78 Å². The number of para-hydroxylation sites is 2. The summed E-state index contributed by atoms with van der Waals surface area (Å²) < 4.78 is 7.18. The molecular formula is C20H18N4O6. The zero-order chi connectivity index (χ0) is 21.8. The monoisotopic (exact) mass is 410 g/mol. The fraction of sp³-hybridized carbons (Fsp3) is 0.150. The Morgan fingerprint density at radius 1 is 1.10 bits per heavy atom. The van der Waals surface area contributed by atoms with E-state index in [2.05, 4.69) is 0 Å². The lowest BCUT2D eigenvalue weighted by Crippen LogP contribution is -2.43. The molecule has 10 heteroatoms. The van der Waals surface area contributed by atoms with Gasteiger partial charge in [-0.3, -0.25) is 28.8 Å². The summed E-state index contributed by atoms with van der Waals surface area (Å²) in [6, 6.07) is 14.5. The molecule has 0 atom stereocenters. The van der Waals surface area contributed by atoms with Crippen molar-refractivity contribution in [3.63, 3.8) is 0 Å². The molecule has 0 saturated heterocycles. The number of nitro groups is 1. The summed E-state index contributed by atoms with van der Waals surface area (Å²) >= 11 is 0.